The molecule has 0 radical (unpaired) electrons. The van der Waals surface area contributed by atoms with Crippen molar-refractivity contribution >= 4 is 34.2 Å². The van der Waals surface area contributed by atoms with Crippen molar-refractivity contribution in [3.8, 4) is 11.5 Å². The molecule has 1 aromatic carbocycles. The summed E-state index contributed by atoms with van der Waals surface area (Å²) in [4.78, 5) is 34.3. The van der Waals surface area contributed by atoms with E-state index in [1.807, 2.05) is 37.3 Å². The first-order chi connectivity index (χ1) is 18.8. The van der Waals surface area contributed by atoms with E-state index in [2.05, 4.69) is 26.7 Å². The predicted octanol–water partition coefficient (Wildman–Crippen LogP) is 4.27. The minimum absolute atomic E-state index is 0.00924. The summed E-state index contributed by atoms with van der Waals surface area (Å²) in [6.45, 7) is 6.97. The number of hydrogen-bond acceptors (Lipinski definition) is 7. The highest BCUT2D eigenvalue weighted by molar-refractivity contribution is 6.31. The van der Waals surface area contributed by atoms with Crippen LogP contribution in [0.15, 0.2) is 76.2 Å². The van der Waals surface area contributed by atoms with E-state index >= 15 is 0 Å². The molecule has 200 valence electrons. The molecule has 0 spiro atoms. The Hall–Kier alpha value is -4.44. The van der Waals surface area contributed by atoms with Crippen molar-refractivity contribution in [3.63, 3.8) is 0 Å². The average molecular weight is 546 g/mol. The van der Waals surface area contributed by atoms with Gasteiger partial charge in [0.05, 0.1) is 5.52 Å². The lowest BCUT2D eigenvalue weighted by Crippen LogP contribution is -2.41. The molecule has 10 nitrogen and oxygen atoms in total. The minimum atomic E-state index is -0.183. The molecule has 3 aromatic heterocycles. The zero-order valence-corrected chi connectivity index (χ0v) is 22.2. The Morgan fingerprint density at radius 1 is 1.28 bits per heavy atom. The highest BCUT2D eigenvalue weighted by atomic mass is 35.5. The van der Waals surface area contributed by atoms with Crippen LogP contribution >= 0.6 is 11.6 Å². The number of amides is 1. The highest BCUT2D eigenvalue weighted by Gasteiger charge is 2.27. The van der Waals surface area contributed by atoms with Gasteiger partial charge in [0.25, 0.3) is 0 Å². The number of H-pyrrole nitrogens is 1. The van der Waals surface area contributed by atoms with Crippen LogP contribution in [0.1, 0.15) is 37.3 Å². The maximum atomic E-state index is 13.0. The fourth-order valence-corrected chi connectivity index (χ4v) is 5.12. The zero-order valence-electron chi connectivity index (χ0n) is 21.4. The molecule has 0 bridgehead atoms. The number of pyridine rings is 1. The zero-order chi connectivity index (χ0) is 27.5. The second-order valence-electron chi connectivity index (χ2n) is 9.44. The first-order valence-corrected chi connectivity index (χ1v) is 12.9. The number of nitrogens with zero attached hydrogens (tertiary/aromatic N) is 5. The Balaban J connectivity index is 1.26. The monoisotopic (exact) mass is 545 g/mol. The van der Waals surface area contributed by atoms with Crippen LogP contribution in [0.25, 0.3) is 28.2 Å². The van der Waals surface area contributed by atoms with E-state index in [9.17, 15) is 9.59 Å². The largest absolute Gasteiger partial charge is 0.420 e. The van der Waals surface area contributed by atoms with Crippen molar-refractivity contribution in [1.82, 2.24) is 29.6 Å². The van der Waals surface area contributed by atoms with E-state index < -0.39 is 0 Å². The summed E-state index contributed by atoms with van der Waals surface area (Å²) in [5.41, 5.74) is 9.82. The number of imidazole rings is 1. The first-order valence-electron chi connectivity index (χ1n) is 12.5. The summed E-state index contributed by atoms with van der Waals surface area (Å²) in [7, 11) is 0. The third kappa shape index (κ3) is 5.56. The van der Waals surface area contributed by atoms with Crippen molar-refractivity contribution in [1.29, 1.82) is 0 Å². The van der Waals surface area contributed by atoms with E-state index in [1.165, 1.54) is 6.20 Å². The standard InChI is InChI=1S/C28H28ClN7O3/c1-17(2)22(5-3-9-30)18-13-19(15-20(29)14-18)27-34-33-24(39-27)16-25(37)35-11-7-21(8-12-35)36-23-6-4-10-31-26(23)32-28(36)38/h3-6,9-10,13-15,21H,1,7-8,11-12,16,30H2,2H3,(H,31,32,38)/b9-3-,22-5+. The molecule has 1 amide bonds. The van der Waals surface area contributed by atoms with Gasteiger partial charge in [-0.15, -0.1) is 10.2 Å². The molecule has 0 unspecified atom stereocenters. The number of likely N-dealkylation sites (tertiary alicyclic amines) is 1. The number of hydrogen-bond donors (Lipinski definition) is 2. The molecular weight excluding hydrogens is 518 g/mol. The second-order valence-corrected chi connectivity index (χ2v) is 9.87. The molecule has 3 N–H and O–H groups in total. The summed E-state index contributed by atoms with van der Waals surface area (Å²) in [6, 6.07) is 9.10. The number of rotatable bonds is 7. The van der Waals surface area contributed by atoms with Crippen LogP contribution in [-0.2, 0) is 11.2 Å². The van der Waals surface area contributed by atoms with Crippen molar-refractivity contribution in [2.45, 2.75) is 32.2 Å². The maximum absolute atomic E-state index is 13.0. The number of fused-ring (bicyclic) bond motifs is 1. The van der Waals surface area contributed by atoms with Gasteiger partial charge in [-0.05, 0) is 73.5 Å². The molecule has 1 aliphatic heterocycles. The van der Waals surface area contributed by atoms with Crippen LogP contribution in [0, 0.1) is 0 Å². The maximum Gasteiger partial charge on any atom is 0.327 e. The molecule has 0 saturated carbocycles. The number of aromatic amines is 1. The lowest BCUT2D eigenvalue weighted by Gasteiger charge is -2.32. The normalized spacial score (nSPS) is 14.9. The first kappa shape index (κ1) is 26.2. The van der Waals surface area contributed by atoms with Crippen LogP contribution in [0.5, 0.6) is 0 Å². The number of nitrogens with one attached hydrogen (secondary N) is 1. The summed E-state index contributed by atoms with van der Waals surface area (Å²) < 4.78 is 7.59. The number of carbonyl (C=O) groups is 1. The SMILES string of the molecule is C=C(C)/C(=C\C=C/N)c1cc(Cl)cc(-c2nnc(CC(=O)N3CCC(n4c(=O)[nH]c5ncccc54)CC3)o2)c1. The molecule has 4 heterocycles. The summed E-state index contributed by atoms with van der Waals surface area (Å²) in [5, 5.41) is 8.74. The third-order valence-electron chi connectivity index (χ3n) is 6.73. The number of carbonyl (C=O) groups excluding carboxylic acids is 1. The van der Waals surface area contributed by atoms with E-state index in [1.54, 1.807) is 27.8 Å². The van der Waals surface area contributed by atoms with Crippen LogP contribution in [-0.4, -0.2) is 48.6 Å². The number of halogens is 1. The minimum Gasteiger partial charge on any atom is -0.420 e. The second kappa shape index (κ2) is 11.1. The molecule has 39 heavy (non-hydrogen) atoms. The number of benzene rings is 1. The molecule has 1 fully saturated rings. The topological polar surface area (TPSA) is 136 Å². The van der Waals surface area contributed by atoms with Crippen LogP contribution in [0.3, 0.4) is 0 Å². The molecule has 4 aromatic rings. The van der Waals surface area contributed by atoms with Gasteiger partial charge in [0.1, 0.15) is 6.42 Å². The van der Waals surface area contributed by atoms with Gasteiger partial charge in [-0.1, -0.05) is 29.8 Å². The summed E-state index contributed by atoms with van der Waals surface area (Å²) in [6.07, 6.45) is 7.97. The number of piperidine rings is 1. The van der Waals surface area contributed by atoms with Crippen molar-refractivity contribution in [3.05, 3.63) is 94.0 Å². The molecule has 1 saturated heterocycles. The molecule has 5 rings (SSSR count). The Morgan fingerprint density at radius 3 is 2.82 bits per heavy atom. The van der Waals surface area contributed by atoms with Crippen LogP contribution in [0.2, 0.25) is 5.02 Å². The lowest BCUT2D eigenvalue weighted by molar-refractivity contribution is -0.132. The quantitative estimate of drug-likeness (QED) is 0.331. The molecule has 1 aliphatic rings. The fraction of sp³-hybridized carbons (Fsp3) is 0.250. The van der Waals surface area contributed by atoms with E-state index in [0.717, 1.165) is 22.2 Å². The molecule has 11 heteroatoms. The third-order valence-corrected chi connectivity index (χ3v) is 6.95. The van der Waals surface area contributed by atoms with E-state index in [-0.39, 0.29) is 35.8 Å². The van der Waals surface area contributed by atoms with Gasteiger partial charge in [0.15, 0.2) is 5.65 Å². The van der Waals surface area contributed by atoms with E-state index in [4.69, 9.17) is 21.8 Å². The van der Waals surface area contributed by atoms with Crippen molar-refractivity contribution in [2.24, 2.45) is 5.73 Å². The lowest BCUT2D eigenvalue weighted by atomic mass is 9.97. The van der Waals surface area contributed by atoms with Gasteiger partial charge in [-0.3, -0.25) is 14.3 Å². The van der Waals surface area contributed by atoms with Crippen LogP contribution in [0.4, 0.5) is 0 Å². The Bertz CT molecular complexity index is 1650. The Kier molecular flexibility index (Phi) is 7.47. The van der Waals surface area contributed by atoms with Crippen molar-refractivity contribution in [2.75, 3.05) is 13.1 Å². The van der Waals surface area contributed by atoms with Crippen molar-refractivity contribution < 1.29 is 9.21 Å². The molecule has 0 aliphatic carbocycles. The Labute approximate surface area is 229 Å². The van der Waals surface area contributed by atoms with Gasteiger partial charge < -0.3 is 15.1 Å². The number of nitrogens with two attached hydrogens (primary N) is 1. The van der Waals surface area contributed by atoms with Gasteiger partial charge in [0.2, 0.25) is 17.7 Å². The number of allylic oxidation sites excluding steroid dienone is 4. The highest BCUT2D eigenvalue weighted by Crippen LogP contribution is 2.31. The Morgan fingerprint density at radius 2 is 2.08 bits per heavy atom. The van der Waals surface area contributed by atoms with Gasteiger partial charge in [-0.25, -0.2) is 9.78 Å². The summed E-state index contributed by atoms with van der Waals surface area (Å²) in [5.74, 6) is 0.381. The number of aromatic nitrogens is 5. The van der Waals surface area contributed by atoms with Gasteiger partial charge >= 0.3 is 5.69 Å². The molecular formula is C28H28ClN7O3. The smallest absolute Gasteiger partial charge is 0.327 e. The van der Waals surface area contributed by atoms with E-state index in [0.29, 0.717) is 42.2 Å². The van der Waals surface area contributed by atoms with Gasteiger partial charge in [-0.2, -0.15) is 0 Å². The fourth-order valence-electron chi connectivity index (χ4n) is 4.88. The van der Waals surface area contributed by atoms with Crippen LogP contribution < -0.4 is 11.4 Å². The predicted molar refractivity (Wildman–Crippen MR) is 150 cm³/mol. The molecule has 0 atom stereocenters. The average Bonchev–Trinajstić information content (AvgIpc) is 3.52. The summed E-state index contributed by atoms with van der Waals surface area (Å²) >= 11 is 6.39. The van der Waals surface area contributed by atoms with Gasteiger partial charge in [0, 0.05) is 35.9 Å².